The van der Waals surface area contributed by atoms with Crippen LogP contribution in [0.2, 0.25) is 0 Å². The summed E-state index contributed by atoms with van der Waals surface area (Å²) in [7, 11) is -0.372. The average molecular weight is 530 g/mol. The smallest absolute Gasteiger partial charge is 0.399 e. The highest BCUT2D eigenvalue weighted by molar-refractivity contribution is 6.62. The van der Waals surface area contributed by atoms with Gasteiger partial charge in [0, 0.05) is 27.9 Å². The number of rotatable bonds is 4. The van der Waals surface area contributed by atoms with Crippen LogP contribution in [0, 0.1) is 0 Å². The summed E-state index contributed by atoms with van der Waals surface area (Å²) in [5.41, 5.74) is 8.88. The van der Waals surface area contributed by atoms with Gasteiger partial charge in [-0.15, -0.1) is 0 Å². The number of anilines is 3. The van der Waals surface area contributed by atoms with Crippen molar-refractivity contribution in [3.63, 3.8) is 0 Å². The summed E-state index contributed by atoms with van der Waals surface area (Å²) in [6.07, 6.45) is 0. The van der Waals surface area contributed by atoms with E-state index in [9.17, 15) is 0 Å². The lowest BCUT2D eigenvalue weighted by atomic mass is 9.58. The molecule has 4 heteroatoms. The first-order chi connectivity index (χ1) is 18.8. The van der Waals surface area contributed by atoms with Crippen LogP contribution in [0.4, 0.5) is 17.1 Å². The maximum absolute atomic E-state index is 6.43. The van der Waals surface area contributed by atoms with E-state index >= 15 is 0 Å². The van der Waals surface area contributed by atoms with Gasteiger partial charge in [0.1, 0.15) is 0 Å². The molecule has 0 N–H and O–H groups in total. The van der Waals surface area contributed by atoms with Crippen LogP contribution in [0.1, 0.15) is 77.6 Å². The van der Waals surface area contributed by atoms with Gasteiger partial charge < -0.3 is 14.2 Å². The molecule has 0 atom stereocenters. The van der Waals surface area contributed by atoms with E-state index in [2.05, 4.69) is 157 Å². The predicted octanol–water partition coefficient (Wildman–Crippen LogP) is 8.42. The van der Waals surface area contributed by atoms with Crippen molar-refractivity contribution < 1.29 is 9.31 Å². The van der Waals surface area contributed by atoms with Gasteiger partial charge in [-0.1, -0.05) is 88.4 Å². The quantitative estimate of drug-likeness (QED) is 0.248. The van der Waals surface area contributed by atoms with Crippen molar-refractivity contribution in [2.75, 3.05) is 4.90 Å². The zero-order valence-electron chi connectivity index (χ0n) is 25.1. The van der Waals surface area contributed by atoms with Crippen molar-refractivity contribution in [3.05, 3.63) is 119 Å². The molecule has 0 bridgehead atoms. The lowest BCUT2D eigenvalue weighted by Crippen LogP contribution is -2.41. The Morgan fingerprint density at radius 2 is 0.925 bits per heavy atom. The van der Waals surface area contributed by atoms with Crippen LogP contribution in [0.15, 0.2) is 97.1 Å². The minimum absolute atomic E-state index is 0.177. The summed E-state index contributed by atoms with van der Waals surface area (Å²) in [6.45, 7) is 17.8. The fourth-order valence-corrected chi connectivity index (χ4v) is 6.37. The van der Waals surface area contributed by atoms with Gasteiger partial charge in [0.25, 0.3) is 0 Å². The van der Waals surface area contributed by atoms with E-state index < -0.39 is 0 Å². The number of hydrogen-bond acceptors (Lipinski definition) is 3. The second-order valence-electron chi connectivity index (χ2n) is 13.4. The molecule has 3 nitrogen and oxygen atoms in total. The Hall–Kier alpha value is -3.34. The van der Waals surface area contributed by atoms with Crippen molar-refractivity contribution in [1.82, 2.24) is 0 Å². The second kappa shape index (κ2) is 9.09. The summed E-state index contributed by atoms with van der Waals surface area (Å²) < 4.78 is 12.9. The zero-order valence-corrected chi connectivity index (χ0v) is 25.1. The number of benzene rings is 4. The molecule has 4 aromatic rings. The van der Waals surface area contributed by atoms with E-state index in [0.717, 1.165) is 22.5 Å². The van der Waals surface area contributed by atoms with E-state index in [1.807, 2.05) is 0 Å². The van der Waals surface area contributed by atoms with Crippen molar-refractivity contribution >= 4 is 29.6 Å². The molecule has 1 fully saturated rings. The van der Waals surface area contributed by atoms with Gasteiger partial charge in [-0.3, -0.25) is 0 Å². The molecular weight excluding hydrogens is 489 g/mol. The minimum Gasteiger partial charge on any atom is -0.399 e. The van der Waals surface area contributed by atoms with Crippen LogP contribution in [0.25, 0.3) is 0 Å². The van der Waals surface area contributed by atoms with E-state index in [1.165, 1.54) is 22.3 Å². The van der Waals surface area contributed by atoms with Gasteiger partial charge >= 0.3 is 7.12 Å². The topological polar surface area (TPSA) is 21.7 Å². The molecule has 6 rings (SSSR count). The van der Waals surface area contributed by atoms with Crippen molar-refractivity contribution in [2.24, 2.45) is 0 Å². The Morgan fingerprint density at radius 1 is 0.475 bits per heavy atom. The van der Waals surface area contributed by atoms with E-state index in [4.69, 9.17) is 9.31 Å². The molecule has 0 radical (unpaired) electrons. The van der Waals surface area contributed by atoms with Gasteiger partial charge in [-0.2, -0.15) is 0 Å². The first kappa shape index (κ1) is 26.9. The summed E-state index contributed by atoms with van der Waals surface area (Å²) in [6, 6.07) is 35.1. The highest BCUT2D eigenvalue weighted by atomic mass is 16.7. The lowest BCUT2D eigenvalue weighted by Gasteiger charge is -2.44. The zero-order chi connectivity index (χ0) is 28.5. The SMILES string of the molecule is CC1(C)c2ccc(N(c3ccccc3)c3ccccc3)cc2C(C)(C)c2ccc(B3OC(C)(C)C(C)(C)O3)cc21. The van der Waals surface area contributed by atoms with Gasteiger partial charge in [-0.25, -0.2) is 0 Å². The van der Waals surface area contributed by atoms with Crippen LogP contribution in [0.5, 0.6) is 0 Å². The maximum atomic E-state index is 6.43. The molecule has 0 amide bonds. The van der Waals surface area contributed by atoms with Crippen molar-refractivity contribution in [2.45, 2.75) is 77.4 Å². The van der Waals surface area contributed by atoms with Gasteiger partial charge in [0.15, 0.2) is 0 Å². The monoisotopic (exact) mass is 529 g/mol. The molecule has 1 saturated heterocycles. The molecule has 204 valence electrons. The Bertz CT molecular complexity index is 1500. The third kappa shape index (κ3) is 4.12. The Kier molecular flexibility index (Phi) is 6.10. The molecule has 0 aromatic heterocycles. The molecule has 1 aliphatic carbocycles. The largest absolute Gasteiger partial charge is 0.494 e. The molecule has 40 heavy (non-hydrogen) atoms. The average Bonchev–Trinajstić information content (AvgIpc) is 3.15. The molecule has 2 aliphatic rings. The summed E-state index contributed by atoms with van der Waals surface area (Å²) >= 11 is 0. The van der Waals surface area contributed by atoms with E-state index in [1.54, 1.807) is 0 Å². The number of fused-ring (bicyclic) bond motifs is 2. The number of nitrogens with zero attached hydrogens (tertiary/aromatic N) is 1. The fraction of sp³-hybridized carbons (Fsp3) is 0.333. The molecule has 4 aromatic carbocycles. The lowest BCUT2D eigenvalue weighted by molar-refractivity contribution is 0.00578. The standard InChI is InChI=1S/C36H40BNO2/c1-33(2)30-22-20-28(38(26-15-11-9-12-16-26)27-17-13-10-14-18-27)24-32(30)34(3,4)29-21-19-25(23-31(29)33)37-39-35(5,6)36(7,8)40-37/h9-24H,1-8H3. The number of hydrogen-bond donors (Lipinski definition) is 0. The van der Waals surface area contributed by atoms with Gasteiger partial charge in [0.05, 0.1) is 11.2 Å². The Labute approximate surface area is 240 Å². The van der Waals surface area contributed by atoms with Gasteiger partial charge in [-0.05, 0) is 91.8 Å². The van der Waals surface area contributed by atoms with Crippen LogP contribution >= 0.6 is 0 Å². The van der Waals surface area contributed by atoms with Crippen LogP contribution in [0.3, 0.4) is 0 Å². The van der Waals surface area contributed by atoms with Crippen LogP contribution in [-0.2, 0) is 20.1 Å². The molecule has 0 saturated carbocycles. The van der Waals surface area contributed by atoms with Crippen LogP contribution in [-0.4, -0.2) is 18.3 Å². The molecule has 0 spiro atoms. The van der Waals surface area contributed by atoms with Gasteiger partial charge in [0.2, 0.25) is 0 Å². The third-order valence-electron chi connectivity index (χ3n) is 9.55. The molecule has 0 unspecified atom stereocenters. The Morgan fingerprint density at radius 3 is 1.43 bits per heavy atom. The summed E-state index contributed by atoms with van der Waals surface area (Å²) in [5.74, 6) is 0. The Balaban J connectivity index is 1.46. The van der Waals surface area contributed by atoms with E-state index in [-0.39, 0.29) is 29.2 Å². The maximum Gasteiger partial charge on any atom is 0.494 e. The third-order valence-corrected chi connectivity index (χ3v) is 9.55. The highest BCUT2D eigenvalue weighted by Gasteiger charge is 2.52. The molecule has 1 aliphatic heterocycles. The van der Waals surface area contributed by atoms with Crippen molar-refractivity contribution in [3.8, 4) is 0 Å². The number of para-hydroxylation sites is 2. The molecule has 1 heterocycles. The highest BCUT2D eigenvalue weighted by Crippen LogP contribution is 2.51. The minimum atomic E-state index is -0.372. The first-order valence-corrected chi connectivity index (χ1v) is 14.4. The summed E-state index contributed by atoms with van der Waals surface area (Å²) in [4.78, 5) is 2.35. The predicted molar refractivity (Wildman–Crippen MR) is 168 cm³/mol. The van der Waals surface area contributed by atoms with E-state index in [0.29, 0.717) is 0 Å². The summed E-state index contributed by atoms with van der Waals surface area (Å²) in [5, 5.41) is 0. The second-order valence-corrected chi connectivity index (χ2v) is 13.4. The normalized spacial score (nSPS) is 19.6. The molecular formula is C36H40BNO2. The first-order valence-electron chi connectivity index (χ1n) is 14.4. The fourth-order valence-electron chi connectivity index (χ4n) is 6.37. The van der Waals surface area contributed by atoms with Crippen molar-refractivity contribution in [1.29, 1.82) is 0 Å². The van der Waals surface area contributed by atoms with Crippen LogP contribution < -0.4 is 10.4 Å².